The summed E-state index contributed by atoms with van der Waals surface area (Å²) in [5, 5.41) is 7.14. The Hall–Kier alpha value is -1.13. The summed E-state index contributed by atoms with van der Waals surface area (Å²) in [6, 6.07) is 8.12. The zero-order valence-corrected chi connectivity index (χ0v) is 10.0. The molecule has 0 aliphatic carbocycles. The van der Waals surface area contributed by atoms with Crippen LogP contribution in [0.3, 0.4) is 0 Å². The summed E-state index contributed by atoms with van der Waals surface area (Å²) in [6.45, 7) is 2.56. The molecule has 0 radical (unpaired) electrons. The normalized spacial score (nSPS) is 10.6. The Morgan fingerprint density at radius 3 is 2.80 bits per heavy atom. The second-order valence-electron chi connectivity index (χ2n) is 3.44. The molecule has 1 aromatic carbocycles. The highest BCUT2D eigenvalue weighted by Gasteiger charge is 2.06. The number of benzene rings is 1. The fraction of sp³-hybridized carbons (Fsp3) is 0.182. The van der Waals surface area contributed by atoms with Crippen molar-refractivity contribution in [1.29, 1.82) is 0 Å². The van der Waals surface area contributed by atoms with Crippen LogP contribution in [-0.4, -0.2) is 10.2 Å². The van der Waals surface area contributed by atoms with E-state index in [2.05, 4.69) is 45.2 Å². The summed E-state index contributed by atoms with van der Waals surface area (Å²) < 4.78 is 1.08. The lowest BCUT2D eigenvalue weighted by molar-refractivity contribution is 0.948. The maximum absolute atomic E-state index is 5.52. The van der Waals surface area contributed by atoms with Crippen molar-refractivity contribution in [2.24, 2.45) is 5.73 Å². The maximum Gasteiger partial charge on any atom is 0.0926 e. The van der Waals surface area contributed by atoms with Crippen molar-refractivity contribution in [1.82, 2.24) is 10.2 Å². The first-order valence-corrected chi connectivity index (χ1v) is 5.51. The average molecular weight is 266 g/mol. The standard InChI is InChI=1S/C11H12BrN3/c1-7-4-8(12)2-3-10(7)11-5-9(6-13)14-15-11/h2-5H,6,13H2,1H3,(H,14,15). The van der Waals surface area contributed by atoms with E-state index in [0.29, 0.717) is 6.54 Å². The van der Waals surface area contributed by atoms with Crippen LogP contribution < -0.4 is 5.73 Å². The molecule has 0 amide bonds. The molecule has 0 aliphatic heterocycles. The number of H-pyrrole nitrogens is 1. The number of aromatic amines is 1. The van der Waals surface area contributed by atoms with Crippen molar-refractivity contribution in [3.05, 3.63) is 40.0 Å². The molecular weight excluding hydrogens is 254 g/mol. The first-order chi connectivity index (χ1) is 7.20. The van der Waals surface area contributed by atoms with Gasteiger partial charge in [0.05, 0.1) is 5.69 Å². The number of aromatic nitrogens is 2. The monoisotopic (exact) mass is 265 g/mol. The Labute approximate surface area is 96.8 Å². The third-order valence-electron chi connectivity index (χ3n) is 2.32. The zero-order valence-electron chi connectivity index (χ0n) is 8.42. The first-order valence-electron chi connectivity index (χ1n) is 4.71. The van der Waals surface area contributed by atoms with Gasteiger partial charge in [-0.3, -0.25) is 5.10 Å². The number of aryl methyl sites for hydroxylation is 1. The SMILES string of the molecule is Cc1cc(Br)ccc1-c1cc(CN)[nH]n1. The molecule has 0 atom stereocenters. The minimum Gasteiger partial charge on any atom is -0.325 e. The van der Waals surface area contributed by atoms with Gasteiger partial charge >= 0.3 is 0 Å². The molecule has 0 bridgehead atoms. The molecule has 2 aromatic rings. The number of nitrogens with one attached hydrogen (secondary N) is 1. The van der Waals surface area contributed by atoms with E-state index in [9.17, 15) is 0 Å². The molecule has 0 aliphatic rings. The third-order valence-corrected chi connectivity index (χ3v) is 2.81. The molecule has 0 unspecified atom stereocenters. The zero-order chi connectivity index (χ0) is 10.8. The highest BCUT2D eigenvalue weighted by Crippen LogP contribution is 2.24. The molecule has 0 fully saturated rings. The molecule has 0 saturated heterocycles. The van der Waals surface area contributed by atoms with E-state index < -0.39 is 0 Å². The van der Waals surface area contributed by atoms with Crippen molar-refractivity contribution >= 4 is 15.9 Å². The smallest absolute Gasteiger partial charge is 0.0926 e. The molecule has 3 nitrogen and oxygen atoms in total. The molecule has 15 heavy (non-hydrogen) atoms. The van der Waals surface area contributed by atoms with Gasteiger partial charge in [0, 0.05) is 22.3 Å². The van der Waals surface area contributed by atoms with E-state index >= 15 is 0 Å². The minimum absolute atomic E-state index is 0.489. The van der Waals surface area contributed by atoms with E-state index in [0.717, 1.165) is 21.4 Å². The largest absolute Gasteiger partial charge is 0.325 e. The van der Waals surface area contributed by atoms with Crippen molar-refractivity contribution in [2.45, 2.75) is 13.5 Å². The predicted molar refractivity (Wildman–Crippen MR) is 64.4 cm³/mol. The molecule has 1 heterocycles. The number of nitrogens with two attached hydrogens (primary N) is 1. The van der Waals surface area contributed by atoms with Gasteiger partial charge in [-0.1, -0.05) is 22.0 Å². The van der Waals surface area contributed by atoms with Crippen LogP contribution in [0.15, 0.2) is 28.7 Å². The number of rotatable bonds is 2. The minimum atomic E-state index is 0.489. The van der Waals surface area contributed by atoms with Crippen LogP contribution in [0, 0.1) is 6.92 Å². The highest BCUT2D eigenvalue weighted by atomic mass is 79.9. The van der Waals surface area contributed by atoms with Gasteiger partial charge in [0.15, 0.2) is 0 Å². The van der Waals surface area contributed by atoms with Gasteiger partial charge in [0.1, 0.15) is 0 Å². The van der Waals surface area contributed by atoms with Crippen LogP contribution in [0.25, 0.3) is 11.3 Å². The Bertz CT molecular complexity index is 476. The lowest BCUT2D eigenvalue weighted by Gasteiger charge is -2.02. The second kappa shape index (κ2) is 4.16. The Kier molecular flexibility index (Phi) is 2.88. The topological polar surface area (TPSA) is 54.7 Å². The van der Waals surface area contributed by atoms with Gasteiger partial charge in [-0.25, -0.2) is 0 Å². The maximum atomic E-state index is 5.52. The predicted octanol–water partition coefficient (Wildman–Crippen LogP) is 2.61. The van der Waals surface area contributed by atoms with Crippen LogP contribution in [0.5, 0.6) is 0 Å². The molecule has 0 saturated carbocycles. The Morgan fingerprint density at radius 1 is 1.40 bits per heavy atom. The van der Waals surface area contributed by atoms with Gasteiger partial charge in [-0.05, 0) is 30.7 Å². The molecule has 1 aromatic heterocycles. The van der Waals surface area contributed by atoms with Crippen molar-refractivity contribution in [2.75, 3.05) is 0 Å². The van der Waals surface area contributed by atoms with Crippen molar-refractivity contribution in [3.8, 4) is 11.3 Å². The average Bonchev–Trinajstić information content (AvgIpc) is 2.66. The van der Waals surface area contributed by atoms with Crippen LogP contribution >= 0.6 is 15.9 Å². The van der Waals surface area contributed by atoms with Crippen LogP contribution in [-0.2, 0) is 6.54 Å². The molecule has 2 rings (SSSR count). The van der Waals surface area contributed by atoms with Gasteiger partial charge in [0.25, 0.3) is 0 Å². The lowest BCUT2D eigenvalue weighted by atomic mass is 10.1. The number of hydrogen-bond donors (Lipinski definition) is 2. The van der Waals surface area contributed by atoms with E-state index in [1.165, 1.54) is 5.56 Å². The fourth-order valence-electron chi connectivity index (χ4n) is 1.52. The number of hydrogen-bond acceptors (Lipinski definition) is 2. The highest BCUT2D eigenvalue weighted by molar-refractivity contribution is 9.10. The van der Waals surface area contributed by atoms with Crippen molar-refractivity contribution < 1.29 is 0 Å². The summed E-state index contributed by atoms with van der Waals surface area (Å²) in [5.41, 5.74) is 9.75. The molecular formula is C11H12BrN3. The summed E-state index contributed by atoms with van der Waals surface area (Å²) >= 11 is 3.44. The molecule has 4 heteroatoms. The van der Waals surface area contributed by atoms with Crippen LogP contribution in [0.2, 0.25) is 0 Å². The van der Waals surface area contributed by atoms with Gasteiger partial charge in [0.2, 0.25) is 0 Å². The summed E-state index contributed by atoms with van der Waals surface area (Å²) in [6.07, 6.45) is 0. The van der Waals surface area contributed by atoms with E-state index in [1.807, 2.05) is 12.1 Å². The number of halogens is 1. The van der Waals surface area contributed by atoms with Gasteiger partial charge in [-0.2, -0.15) is 5.10 Å². The Balaban J connectivity index is 2.44. The first kappa shape index (κ1) is 10.4. The van der Waals surface area contributed by atoms with Gasteiger partial charge < -0.3 is 5.73 Å². The molecule has 78 valence electrons. The lowest BCUT2D eigenvalue weighted by Crippen LogP contribution is -1.95. The van der Waals surface area contributed by atoms with Crippen LogP contribution in [0.1, 0.15) is 11.3 Å². The summed E-state index contributed by atoms with van der Waals surface area (Å²) in [7, 11) is 0. The van der Waals surface area contributed by atoms with E-state index in [-0.39, 0.29) is 0 Å². The molecule has 0 spiro atoms. The van der Waals surface area contributed by atoms with E-state index in [1.54, 1.807) is 0 Å². The Morgan fingerprint density at radius 2 is 2.20 bits per heavy atom. The third kappa shape index (κ3) is 2.11. The summed E-state index contributed by atoms with van der Waals surface area (Å²) in [4.78, 5) is 0. The fourth-order valence-corrected chi connectivity index (χ4v) is 1.99. The van der Waals surface area contributed by atoms with Crippen molar-refractivity contribution in [3.63, 3.8) is 0 Å². The van der Waals surface area contributed by atoms with Gasteiger partial charge in [-0.15, -0.1) is 0 Å². The number of nitrogens with zero attached hydrogens (tertiary/aromatic N) is 1. The summed E-state index contributed by atoms with van der Waals surface area (Å²) in [5.74, 6) is 0. The second-order valence-corrected chi connectivity index (χ2v) is 4.36. The quantitative estimate of drug-likeness (QED) is 0.877. The van der Waals surface area contributed by atoms with E-state index in [4.69, 9.17) is 5.73 Å². The molecule has 3 N–H and O–H groups in total. The van der Waals surface area contributed by atoms with Crippen LogP contribution in [0.4, 0.5) is 0 Å².